The second-order valence-electron chi connectivity index (χ2n) is 6.08. The van der Waals surface area contributed by atoms with E-state index < -0.39 is 0 Å². The molecule has 1 aromatic heterocycles. The lowest BCUT2D eigenvalue weighted by Gasteiger charge is -2.17. The van der Waals surface area contributed by atoms with Gasteiger partial charge in [-0.1, -0.05) is 18.2 Å². The molecule has 2 aromatic rings. The Kier molecular flexibility index (Phi) is 5.41. The van der Waals surface area contributed by atoms with E-state index in [-0.39, 0.29) is 18.1 Å². The number of hydrogen-bond acceptors (Lipinski definition) is 3. The Morgan fingerprint density at radius 3 is 2.79 bits per heavy atom. The molecule has 4 nitrogen and oxygen atoms in total. The molecular formula is C19H22FN3O. The Morgan fingerprint density at radius 2 is 2.00 bits per heavy atom. The van der Waals surface area contributed by atoms with E-state index in [0.717, 1.165) is 24.5 Å². The number of nitrogens with zero attached hydrogens (tertiary/aromatic N) is 2. The summed E-state index contributed by atoms with van der Waals surface area (Å²) in [6.45, 7) is 2.57. The molecule has 1 N–H and O–H groups in total. The molecule has 3 rings (SSSR count). The number of hydrogen-bond donors (Lipinski definition) is 1. The van der Waals surface area contributed by atoms with Crippen LogP contribution in [0.15, 0.2) is 42.6 Å². The largest absolute Gasteiger partial charge is 0.357 e. The van der Waals surface area contributed by atoms with Crippen LogP contribution in [0.2, 0.25) is 0 Å². The summed E-state index contributed by atoms with van der Waals surface area (Å²) in [5.74, 6) is 0.651. The van der Waals surface area contributed by atoms with Crippen molar-refractivity contribution in [3.8, 4) is 0 Å². The standard InChI is InChI=1S/C19H22FN3O/c20-17-6-2-1-5-16(17)7-8-19(24)22-14-15-9-10-21-18(13-15)23-11-3-4-12-23/h1-2,5-6,9-10,13H,3-4,7-8,11-12,14H2,(H,22,24). The average molecular weight is 327 g/mol. The van der Waals surface area contributed by atoms with Crippen molar-refractivity contribution in [1.29, 1.82) is 0 Å². The van der Waals surface area contributed by atoms with E-state index in [1.54, 1.807) is 24.4 Å². The number of aryl methyl sites for hydroxylation is 1. The SMILES string of the molecule is O=C(CCc1ccccc1F)NCc1ccnc(N2CCCC2)c1. The predicted octanol–water partition coefficient (Wildman–Crippen LogP) is 3.07. The number of anilines is 1. The minimum absolute atomic E-state index is 0.0715. The number of amides is 1. The molecule has 1 fully saturated rings. The fourth-order valence-electron chi connectivity index (χ4n) is 2.93. The molecule has 5 heteroatoms. The Bertz CT molecular complexity index is 699. The van der Waals surface area contributed by atoms with Gasteiger partial charge in [0, 0.05) is 32.3 Å². The van der Waals surface area contributed by atoms with Crippen LogP contribution in [0.1, 0.15) is 30.4 Å². The van der Waals surface area contributed by atoms with E-state index in [1.165, 1.54) is 18.9 Å². The first-order chi connectivity index (χ1) is 11.7. The molecule has 0 saturated carbocycles. The van der Waals surface area contributed by atoms with Gasteiger partial charge in [0.05, 0.1) is 0 Å². The van der Waals surface area contributed by atoms with E-state index in [2.05, 4.69) is 15.2 Å². The van der Waals surface area contributed by atoms with Gasteiger partial charge < -0.3 is 10.2 Å². The van der Waals surface area contributed by atoms with Gasteiger partial charge in [0.15, 0.2) is 0 Å². The minimum Gasteiger partial charge on any atom is -0.357 e. The summed E-state index contributed by atoms with van der Waals surface area (Å²) in [5, 5.41) is 2.90. The molecule has 0 unspecified atom stereocenters. The van der Waals surface area contributed by atoms with Gasteiger partial charge in [-0.25, -0.2) is 9.37 Å². The third-order valence-electron chi connectivity index (χ3n) is 4.31. The summed E-state index contributed by atoms with van der Waals surface area (Å²) in [5.41, 5.74) is 1.61. The highest BCUT2D eigenvalue weighted by Gasteiger charge is 2.13. The monoisotopic (exact) mass is 327 g/mol. The highest BCUT2D eigenvalue weighted by atomic mass is 19.1. The zero-order valence-corrected chi connectivity index (χ0v) is 13.7. The Hall–Kier alpha value is -2.43. The Balaban J connectivity index is 1.49. The van der Waals surface area contributed by atoms with Crippen LogP contribution in [-0.4, -0.2) is 24.0 Å². The Labute approximate surface area is 141 Å². The van der Waals surface area contributed by atoms with Crippen LogP contribution >= 0.6 is 0 Å². The summed E-state index contributed by atoms with van der Waals surface area (Å²) >= 11 is 0. The van der Waals surface area contributed by atoms with E-state index >= 15 is 0 Å². The average Bonchev–Trinajstić information content (AvgIpc) is 3.14. The van der Waals surface area contributed by atoms with Crippen molar-refractivity contribution in [1.82, 2.24) is 10.3 Å². The van der Waals surface area contributed by atoms with Crippen LogP contribution in [0.5, 0.6) is 0 Å². The zero-order chi connectivity index (χ0) is 16.8. The number of pyridine rings is 1. The number of carbonyl (C=O) groups is 1. The van der Waals surface area contributed by atoms with Crippen molar-refractivity contribution in [3.05, 3.63) is 59.5 Å². The molecule has 1 aliphatic heterocycles. The highest BCUT2D eigenvalue weighted by molar-refractivity contribution is 5.76. The fourth-order valence-corrected chi connectivity index (χ4v) is 2.93. The van der Waals surface area contributed by atoms with Crippen molar-refractivity contribution >= 4 is 11.7 Å². The number of aromatic nitrogens is 1. The molecule has 1 amide bonds. The number of nitrogens with one attached hydrogen (secondary N) is 1. The third-order valence-corrected chi connectivity index (χ3v) is 4.31. The van der Waals surface area contributed by atoms with Crippen molar-refractivity contribution in [2.24, 2.45) is 0 Å². The van der Waals surface area contributed by atoms with Gasteiger partial charge in [0.25, 0.3) is 0 Å². The first-order valence-corrected chi connectivity index (χ1v) is 8.42. The topological polar surface area (TPSA) is 45.2 Å². The molecule has 0 aliphatic carbocycles. The second kappa shape index (κ2) is 7.90. The van der Waals surface area contributed by atoms with Crippen molar-refractivity contribution in [3.63, 3.8) is 0 Å². The van der Waals surface area contributed by atoms with Gasteiger partial charge in [0.1, 0.15) is 11.6 Å². The highest BCUT2D eigenvalue weighted by Crippen LogP contribution is 2.18. The number of benzene rings is 1. The molecule has 1 saturated heterocycles. The zero-order valence-electron chi connectivity index (χ0n) is 13.7. The summed E-state index contributed by atoms with van der Waals surface area (Å²) in [4.78, 5) is 18.7. The molecule has 24 heavy (non-hydrogen) atoms. The number of halogens is 1. The molecular weight excluding hydrogens is 305 g/mol. The maximum atomic E-state index is 13.5. The lowest BCUT2D eigenvalue weighted by Crippen LogP contribution is -2.24. The second-order valence-corrected chi connectivity index (χ2v) is 6.08. The summed E-state index contributed by atoms with van der Waals surface area (Å²) in [6.07, 6.45) is 4.89. The van der Waals surface area contributed by atoms with Gasteiger partial charge >= 0.3 is 0 Å². The van der Waals surface area contributed by atoms with Crippen LogP contribution in [0.3, 0.4) is 0 Å². The summed E-state index contributed by atoms with van der Waals surface area (Å²) < 4.78 is 13.5. The predicted molar refractivity (Wildman–Crippen MR) is 92.3 cm³/mol. The molecule has 0 spiro atoms. The lowest BCUT2D eigenvalue weighted by atomic mass is 10.1. The van der Waals surface area contributed by atoms with Crippen molar-refractivity contribution in [2.75, 3.05) is 18.0 Å². The van der Waals surface area contributed by atoms with Crippen LogP contribution < -0.4 is 10.2 Å². The number of carbonyl (C=O) groups excluding carboxylic acids is 1. The van der Waals surface area contributed by atoms with Gasteiger partial charge in [-0.2, -0.15) is 0 Å². The van der Waals surface area contributed by atoms with E-state index in [4.69, 9.17) is 0 Å². The van der Waals surface area contributed by atoms with Gasteiger partial charge in [-0.15, -0.1) is 0 Å². The molecule has 0 atom stereocenters. The van der Waals surface area contributed by atoms with Gasteiger partial charge in [-0.05, 0) is 48.6 Å². The van der Waals surface area contributed by atoms with E-state index in [1.807, 2.05) is 12.1 Å². The van der Waals surface area contributed by atoms with E-state index in [9.17, 15) is 9.18 Å². The molecule has 1 aliphatic rings. The third kappa shape index (κ3) is 4.31. The summed E-state index contributed by atoms with van der Waals surface area (Å²) in [6, 6.07) is 10.5. The molecule has 1 aromatic carbocycles. The quantitative estimate of drug-likeness (QED) is 0.887. The first kappa shape index (κ1) is 16.4. The molecule has 0 bridgehead atoms. The Morgan fingerprint density at radius 1 is 1.21 bits per heavy atom. The van der Waals surface area contributed by atoms with Crippen molar-refractivity contribution < 1.29 is 9.18 Å². The van der Waals surface area contributed by atoms with Crippen LogP contribution in [0, 0.1) is 5.82 Å². The van der Waals surface area contributed by atoms with E-state index in [0.29, 0.717) is 18.5 Å². The van der Waals surface area contributed by atoms with Crippen LogP contribution in [0.4, 0.5) is 10.2 Å². The normalized spacial score (nSPS) is 14.0. The maximum Gasteiger partial charge on any atom is 0.220 e. The van der Waals surface area contributed by atoms with Gasteiger partial charge in [0.2, 0.25) is 5.91 Å². The van der Waals surface area contributed by atoms with Crippen molar-refractivity contribution in [2.45, 2.75) is 32.2 Å². The molecule has 126 valence electrons. The smallest absolute Gasteiger partial charge is 0.220 e. The van der Waals surface area contributed by atoms with Crippen LogP contribution in [0.25, 0.3) is 0 Å². The van der Waals surface area contributed by atoms with Crippen LogP contribution in [-0.2, 0) is 17.8 Å². The molecule has 2 heterocycles. The first-order valence-electron chi connectivity index (χ1n) is 8.42. The molecule has 0 radical (unpaired) electrons. The summed E-state index contributed by atoms with van der Waals surface area (Å²) in [7, 11) is 0. The number of rotatable bonds is 6. The van der Waals surface area contributed by atoms with Gasteiger partial charge in [-0.3, -0.25) is 4.79 Å². The lowest BCUT2D eigenvalue weighted by molar-refractivity contribution is -0.121. The minimum atomic E-state index is -0.255. The fraction of sp³-hybridized carbons (Fsp3) is 0.368. The maximum absolute atomic E-state index is 13.5.